The second-order valence-electron chi connectivity index (χ2n) is 13.8. The van der Waals surface area contributed by atoms with Gasteiger partial charge in [0.15, 0.2) is 0 Å². The predicted octanol–water partition coefficient (Wildman–Crippen LogP) is 10.0. The number of carbonyl (C=O) groups is 1. The highest BCUT2D eigenvalue weighted by molar-refractivity contribution is 7.11. The number of ether oxygens (including phenoxy) is 1. The standard InChI is InChI=1S/C36H46Cl2FN3O2S.3ClH/c1-6-32-35(45-33(40-32)17-23-10-11-30(37)31(38)16-23)24-12-14-42(15-13-24)21-26-19-28(44-34(43)22-41(5)36(2,3)4)20-29(26)25-8-7-9-27(39)18-25;;;/h7-11,16,18,24,26,28-29H,6,12-15,17,19-22H2,1-5H3;3*1H/t26-,28+,29-;;;/m1.../s1. The molecule has 1 aromatic heterocycles. The lowest BCUT2D eigenvalue weighted by Gasteiger charge is -2.34. The summed E-state index contributed by atoms with van der Waals surface area (Å²) in [5.74, 6) is 0.566. The van der Waals surface area contributed by atoms with Gasteiger partial charge in [0.25, 0.3) is 0 Å². The Hall–Kier alpha value is -1.16. The highest BCUT2D eigenvalue weighted by Crippen LogP contribution is 2.43. The summed E-state index contributed by atoms with van der Waals surface area (Å²) in [4.78, 5) is 23.9. The van der Waals surface area contributed by atoms with E-state index in [1.807, 2.05) is 47.5 Å². The molecule has 268 valence electrons. The van der Waals surface area contributed by atoms with Gasteiger partial charge in [0.05, 0.1) is 27.3 Å². The number of rotatable bonds is 10. The highest BCUT2D eigenvalue weighted by Gasteiger charge is 2.39. The molecule has 0 N–H and O–H groups in total. The summed E-state index contributed by atoms with van der Waals surface area (Å²) in [6, 6.07) is 12.8. The number of hydrogen-bond acceptors (Lipinski definition) is 6. The largest absolute Gasteiger partial charge is 0.461 e. The molecule has 1 saturated heterocycles. The molecule has 0 spiro atoms. The number of aryl methyl sites for hydroxylation is 1. The topological polar surface area (TPSA) is 45.7 Å². The summed E-state index contributed by atoms with van der Waals surface area (Å²) in [6.07, 6.45) is 5.26. The lowest BCUT2D eigenvalue weighted by molar-refractivity contribution is -0.151. The highest BCUT2D eigenvalue weighted by atomic mass is 35.5. The van der Waals surface area contributed by atoms with Gasteiger partial charge in [0.1, 0.15) is 11.9 Å². The van der Waals surface area contributed by atoms with E-state index >= 15 is 0 Å². The van der Waals surface area contributed by atoms with Gasteiger partial charge in [0.2, 0.25) is 0 Å². The molecule has 2 aromatic carbocycles. The SMILES string of the molecule is CCc1nc(Cc2ccc(Cl)c(Cl)c2)sc1C1CCN(C[C@H]2C[C@H](OC(=O)CN(C)C(C)(C)C)C[C@@H]2c2cccc(F)c2)CC1.Cl.Cl.Cl. The van der Waals surface area contributed by atoms with Gasteiger partial charge in [-0.05, 0) is 126 Å². The van der Waals surface area contributed by atoms with Gasteiger partial charge < -0.3 is 9.64 Å². The Bertz CT molecular complexity index is 1480. The lowest BCUT2D eigenvalue weighted by Crippen LogP contribution is -2.42. The first kappa shape index (κ1) is 43.0. The summed E-state index contributed by atoms with van der Waals surface area (Å²) >= 11 is 14.2. The van der Waals surface area contributed by atoms with Crippen LogP contribution in [-0.2, 0) is 22.4 Å². The minimum absolute atomic E-state index is 0. The summed E-state index contributed by atoms with van der Waals surface area (Å²) in [7, 11) is 1.95. The first-order valence-corrected chi connectivity index (χ1v) is 17.8. The fourth-order valence-corrected chi connectivity index (χ4v) is 8.45. The molecule has 5 nitrogen and oxygen atoms in total. The third-order valence-corrected chi connectivity index (χ3v) is 11.6. The van der Waals surface area contributed by atoms with Gasteiger partial charge in [-0.1, -0.05) is 48.3 Å². The number of likely N-dealkylation sites (tertiary alicyclic amines) is 1. The maximum Gasteiger partial charge on any atom is 0.320 e. The smallest absolute Gasteiger partial charge is 0.320 e. The summed E-state index contributed by atoms with van der Waals surface area (Å²) in [5.41, 5.74) is 3.23. The Balaban J connectivity index is 0.00000267. The van der Waals surface area contributed by atoms with Gasteiger partial charge in [-0.25, -0.2) is 9.37 Å². The van der Waals surface area contributed by atoms with E-state index in [0.29, 0.717) is 21.9 Å². The van der Waals surface area contributed by atoms with E-state index in [0.717, 1.165) is 74.3 Å². The first-order valence-electron chi connectivity index (χ1n) is 16.2. The molecule has 3 aromatic rings. The number of nitrogens with zero attached hydrogens (tertiary/aromatic N) is 3. The van der Waals surface area contributed by atoms with Crippen molar-refractivity contribution in [2.24, 2.45) is 5.92 Å². The number of halogens is 6. The summed E-state index contributed by atoms with van der Waals surface area (Å²) < 4.78 is 20.3. The molecular formula is C36H49Cl5FN3O2S. The van der Waals surface area contributed by atoms with E-state index in [1.165, 1.54) is 16.6 Å². The number of likely N-dealkylation sites (N-methyl/N-ethyl adjacent to an activating group) is 1. The van der Waals surface area contributed by atoms with Crippen molar-refractivity contribution in [3.05, 3.63) is 85.0 Å². The Morgan fingerprint density at radius 3 is 2.40 bits per heavy atom. The van der Waals surface area contributed by atoms with Crippen LogP contribution in [0.1, 0.15) is 91.9 Å². The predicted molar refractivity (Wildman–Crippen MR) is 205 cm³/mol. The zero-order valence-corrected chi connectivity index (χ0v) is 33.1. The van der Waals surface area contributed by atoms with Crippen LogP contribution >= 0.6 is 71.8 Å². The first-order chi connectivity index (χ1) is 21.4. The zero-order valence-electron chi connectivity index (χ0n) is 28.3. The Morgan fingerprint density at radius 1 is 1.06 bits per heavy atom. The van der Waals surface area contributed by atoms with Crippen molar-refractivity contribution in [2.75, 3.05) is 33.2 Å². The zero-order chi connectivity index (χ0) is 32.3. The lowest BCUT2D eigenvalue weighted by atomic mass is 9.87. The minimum Gasteiger partial charge on any atom is -0.461 e. The molecule has 3 atom stereocenters. The van der Waals surface area contributed by atoms with E-state index in [1.54, 1.807) is 12.1 Å². The van der Waals surface area contributed by atoms with Crippen molar-refractivity contribution in [3.8, 4) is 0 Å². The Morgan fingerprint density at radius 2 is 1.77 bits per heavy atom. The van der Waals surface area contributed by atoms with Crippen LogP contribution in [0.3, 0.4) is 0 Å². The van der Waals surface area contributed by atoms with Crippen molar-refractivity contribution in [3.63, 3.8) is 0 Å². The molecule has 0 unspecified atom stereocenters. The number of carbonyl (C=O) groups excluding carboxylic acids is 1. The minimum atomic E-state index is -0.214. The number of hydrogen-bond donors (Lipinski definition) is 0. The number of benzene rings is 2. The molecule has 0 amide bonds. The molecule has 1 aliphatic heterocycles. The summed E-state index contributed by atoms with van der Waals surface area (Å²) in [5, 5.41) is 2.27. The molecule has 1 saturated carbocycles. The van der Waals surface area contributed by atoms with Crippen molar-refractivity contribution in [1.29, 1.82) is 0 Å². The molecule has 2 aliphatic rings. The summed E-state index contributed by atoms with van der Waals surface area (Å²) in [6.45, 7) is 11.7. The van der Waals surface area contributed by atoms with Crippen molar-refractivity contribution in [1.82, 2.24) is 14.8 Å². The molecular weight excluding hydrogens is 735 g/mol. The second kappa shape index (κ2) is 18.9. The van der Waals surface area contributed by atoms with E-state index in [2.05, 4.69) is 32.6 Å². The van der Waals surface area contributed by atoms with E-state index in [-0.39, 0.29) is 73.1 Å². The normalized spacial score (nSPS) is 20.1. The third-order valence-electron chi connectivity index (χ3n) is 9.64. The van der Waals surface area contributed by atoms with Crippen LogP contribution in [-0.4, -0.2) is 65.6 Å². The number of thiazole rings is 1. The van der Waals surface area contributed by atoms with E-state index in [9.17, 15) is 9.18 Å². The van der Waals surface area contributed by atoms with Crippen LogP contribution in [0.4, 0.5) is 4.39 Å². The van der Waals surface area contributed by atoms with E-state index in [4.69, 9.17) is 32.9 Å². The monoisotopic (exact) mass is 781 g/mol. The second-order valence-corrected chi connectivity index (χ2v) is 15.7. The van der Waals surface area contributed by atoms with Crippen molar-refractivity contribution in [2.45, 2.75) is 89.7 Å². The Kier molecular flexibility index (Phi) is 16.9. The molecule has 12 heteroatoms. The van der Waals surface area contributed by atoms with Crippen LogP contribution < -0.4 is 0 Å². The van der Waals surface area contributed by atoms with Crippen LogP contribution in [0.25, 0.3) is 0 Å². The van der Waals surface area contributed by atoms with E-state index < -0.39 is 0 Å². The average molecular weight is 784 g/mol. The van der Waals surface area contributed by atoms with Crippen LogP contribution in [0.15, 0.2) is 42.5 Å². The van der Waals surface area contributed by atoms with Crippen molar-refractivity contribution >= 4 is 77.7 Å². The maximum atomic E-state index is 14.3. The van der Waals surface area contributed by atoms with Gasteiger partial charge in [-0.2, -0.15) is 0 Å². The van der Waals surface area contributed by atoms with Gasteiger partial charge in [-0.3, -0.25) is 9.69 Å². The number of esters is 1. The van der Waals surface area contributed by atoms with Crippen LogP contribution in [0.2, 0.25) is 10.0 Å². The van der Waals surface area contributed by atoms with Crippen LogP contribution in [0.5, 0.6) is 0 Å². The molecule has 1 aliphatic carbocycles. The van der Waals surface area contributed by atoms with Crippen LogP contribution in [0, 0.1) is 11.7 Å². The van der Waals surface area contributed by atoms with Gasteiger partial charge in [0, 0.05) is 23.4 Å². The maximum absolute atomic E-state index is 14.3. The molecule has 5 rings (SSSR count). The molecule has 2 fully saturated rings. The Labute approximate surface area is 318 Å². The van der Waals surface area contributed by atoms with Gasteiger partial charge in [-0.15, -0.1) is 48.6 Å². The van der Waals surface area contributed by atoms with Gasteiger partial charge >= 0.3 is 5.97 Å². The molecule has 0 bridgehead atoms. The average Bonchev–Trinajstić information content (AvgIpc) is 3.58. The molecule has 2 heterocycles. The molecule has 48 heavy (non-hydrogen) atoms. The van der Waals surface area contributed by atoms with Crippen molar-refractivity contribution < 1.29 is 13.9 Å². The quantitative estimate of drug-likeness (QED) is 0.192. The number of aromatic nitrogens is 1. The molecule has 0 radical (unpaired) electrons. The fourth-order valence-electron chi connectivity index (χ4n) is 6.77. The third kappa shape index (κ3) is 11.2. The number of piperidine rings is 1. The fraction of sp³-hybridized carbons (Fsp3) is 0.556.